The number of β-amino-alcohol motifs (C(OH)–C–C–N with tert-alkyl or cyclic N) is 1. The van der Waals surface area contributed by atoms with Gasteiger partial charge in [-0.25, -0.2) is 0 Å². The SMILES string of the molecule is CC(=O)N1CC(O)CC2(CCN(Cc3sc4ccccc4c3Cl)CC2)C1. The van der Waals surface area contributed by atoms with Crippen LogP contribution in [0.2, 0.25) is 5.02 Å². The summed E-state index contributed by atoms with van der Waals surface area (Å²) in [4.78, 5) is 17.3. The number of fused-ring (bicyclic) bond motifs is 1. The van der Waals surface area contributed by atoms with Crippen LogP contribution < -0.4 is 0 Å². The Kier molecular flexibility index (Phi) is 4.99. The number of halogens is 1. The van der Waals surface area contributed by atoms with E-state index in [-0.39, 0.29) is 11.3 Å². The molecule has 1 N–H and O–H groups in total. The van der Waals surface area contributed by atoms with Gasteiger partial charge in [0.05, 0.1) is 11.1 Å². The Morgan fingerprint density at radius 2 is 2.08 bits per heavy atom. The van der Waals surface area contributed by atoms with Crippen LogP contribution in [0.1, 0.15) is 31.1 Å². The molecule has 4 rings (SSSR count). The zero-order chi connectivity index (χ0) is 18.3. The van der Waals surface area contributed by atoms with Crippen molar-refractivity contribution in [1.29, 1.82) is 0 Å². The summed E-state index contributed by atoms with van der Waals surface area (Å²) in [5.74, 6) is 0.0719. The molecule has 0 bridgehead atoms. The third-order valence-corrected chi connectivity index (χ3v) is 7.66. The van der Waals surface area contributed by atoms with Gasteiger partial charge in [-0.2, -0.15) is 0 Å². The molecule has 4 nitrogen and oxygen atoms in total. The van der Waals surface area contributed by atoms with Gasteiger partial charge in [0.15, 0.2) is 0 Å². The van der Waals surface area contributed by atoms with Crippen molar-refractivity contribution in [1.82, 2.24) is 9.80 Å². The van der Waals surface area contributed by atoms with Gasteiger partial charge >= 0.3 is 0 Å². The Labute approximate surface area is 163 Å². The van der Waals surface area contributed by atoms with Crippen LogP contribution in [-0.2, 0) is 11.3 Å². The molecule has 2 saturated heterocycles. The van der Waals surface area contributed by atoms with Crippen molar-refractivity contribution in [2.24, 2.45) is 5.41 Å². The fraction of sp³-hybridized carbons (Fsp3) is 0.550. The Morgan fingerprint density at radius 3 is 2.77 bits per heavy atom. The van der Waals surface area contributed by atoms with Crippen LogP contribution in [0, 0.1) is 5.41 Å². The second-order valence-corrected chi connectivity index (χ2v) is 9.38. The van der Waals surface area contributed by atoms with E-state index in [0.29, 0.717) is 6.54 Å². The van der Waals surface area contributed by atoms with E-state index in [9.17, 15) is 9.90 Å². The highest BCUT2D eigenvalue weighted by Crippen LogP contribution is 2.41. The fourth-order valence-electron chi connectivity index (χ4n) is 4.51. The average Bonchev–Trinajstić information content (AvgIpc) is 2.93. The molecule has 1 amide bonds. The van der Waals surface area contributed by atoms with Crippen molar-refractivity contribution in [2.75, 3.05) is 26.2 Å². The standard InChI is InChI=1S/C20H25ClN2O2S/c1-14(24)23-11-15(25)10-20(13-23)6-8-22(9-7-20)12-18-19(21)16-4-2-3-5-17(16)26-18/h2-5,15,25H,6-13H2,1H3. The highest BCUT2D eigenvalue weighted by Gasteiger charge is 2.42. The number of hydrogen-bond acceptors (Lipinski definition) is 4. The molecule has 2 aliphatic rings. The molecule has 0 saturated carbocycles. The van der Waals surface area contributed by atoms with Crippen molar-refractivity contribution in [3.05, 3.63) is 34.2 Å². The van der Waals surface area contributed by atoms with E-state index >= 15 is 0 Å². The first-order chi connectivity index (χ1) is 12.5. The van der Waals surface area contributed by atoms with Gasteiger partial charge in [0, 0.05) is 41.5 Å². The maximum absolute atomic E-state index is 11.8. The maximum Gasteiger partial charge on any atom is 0.219 e. The number of aliphatic hydroxyl groups is 1. The number of likely N-dealkylation sites (tertiary alicyclic amines) is 2. The zero-order valence-electron chi connectivity index (χ0n) is 15.1. The van der Waals surface area contributed by atoms with E-state index in [1.165, 1.54) is 9.58 Å². The Hall–Kier alpha value is -1.14. The lowest BCUT2D eigenvalue weighted by atomic mass is 9.71. The summed E-state index contributed by atoms with van der Waals surface area (Å²) < 4.78 is 1.24. The topological polar surface area (TPSA) is 43.8 Å². The summed E-state index contributed by atoms with van der Waals surface area (Å²) in [6, 6.07) is 8.30. The summed E-state index contributed by atoms with van der Waals surface area (Å²) in [5, 5.41) is 12.3. The number of rotatable bonds is 2. The lowest BCUT2D eigenvalue weighted by molar-refractivity contribution is -0.138. The molecule has 2 aliphatic heterocycles. The first-order valence-corrected chi connectivity index (χ1v) is 10.5. The normalized spacial score (nSPS) is 23.7. The molecule has 2 aromatic rings. The van der Waals surface area contributed by atoms with Crippen LogP contribution in [-0.4, -0.2) is 53.1 Å². The van der Waals surface area contributed by atoms with E-state index < -0.39 is 6.10 Å². The molecular weight excluding hydrogens is 368 g/mol. The summed E-state index contributed by atoms with van der Waals surface area (Å²) in [6.07, 6.45) is 2.47. The Morgan fingerprint density at radius 1 is 1.35 bits per heavy atom. The van der Waals surface area contributed by atoms with Gasteiger partial charge in [-0.3, -0.25) is 9.69 Å². The van der Waals surface area contributed by atoms with Crippen molar-refractivity contribution in [2.45, 2.75) is 38.8 Å². The number of carbonyl (C=O) groups is 1. The monoisotopic (exact) mass is 392 g/mol. The summed E-state index contributed by atoms with van der Waals surface area (Å²) in [7, 11) is 0. The quantitative estimate of drug-likeness (QED) is 0.846. The van der Waals surface area contributed by atoms with Crippen molar-refractivity contribution in [3.63, 3.8) is 0 Å². The molecule has 1 aromatic carbocycles. The molecule has 2 fully saturated rings. The van der Waals surface area contributed by atoms with Crippen molar-refractivity contribution < 1.29 is 9.90 Å². The Balaban J connectivity index is 1.43. The molecule has 1 unspecified atom stereocenters. The molecule has 26 heavy (non-hydrogen) atoms. The third-order valence-electron chi connectivity index (χ3n) is 5.96. The largest absolute Gasteiger partial charge is 0.391 e. The molecule has 6 heteroatoms. The first-order valence-electron chi connectivity index (χ1n) is 9.28. The zero-order valence-corrected chi connectivity index (χ0v) is 16.7. The number of amides is 1. The number of benzene rings is 1. The average molecular weight is 393 g/mol. The van der Waals surface area contributed by atoms with Gasteiger partial charge in [0.2, 0.25) is 5.91 Å². The first kappa shape index (κ1) is 18.2. The van der Waals surface area contributed by atoms with E-state index in [1.807, 2.05) is 11.0 Å². The third kappa shape index (κ3) is 3.50. The molecule has 3 heterocycles. The second-order valence-electron chi connectivity index (χ2n) is 7.87. The predicted molar refractivity (Wildman–Crippen MR) is 107 cm³/mol. The Bertz CT molecular complexity index is 813. The van der Waals surface area contributed by atoms with Crippen LogP contribution in [0.3, 0.4) is 0 Å². The number of piperidine rings is 2. The van der Waals surface area contributed by atoms with E-state index in [1.54, 1.807) is 18.3 Å². The van der Waals surface area contributed by atoms with Crippen LogP contribution in [0.5, 0.6) is 0 Å². The molecule has 1 atom stereocenters. The molecule has 1 aromatic heterocycles. The predicted octanol–water partition coefficient (Wildman–Crippen LogP) is 3.75. The van der Waals surface area contributed by atoms with Crippen LogP contribution in [0.15, 0.2) is 24.3 Å². The smallest absolute Gasteiger partial charge is 0.219 e. The highest BCUT2D eigenvalue weighted by atomic mass is 35.5. The van der Waals surface area contributed by atoms with Crippen LogP contribution >= 0.6 is 22.9 Å². The highest BCUT2D eigenvalue weighted by molar-refractivity contribution is 7.19. The lowest BCUT2D eigenvalue weighted by Crippen LogP contribution is -2.54. The second kappa shape index (κ2) is 7.12. The van der Waals surface area contributed by atoms with Gasteiger partial charge in [0.25, 0.3) is 0 Å². The molecule has 1 spiro atoms. The minimum absolute atomic E-state index is 0.0719. The minimum atomic E-state index is -0.392. The van der Waals surface area contributed by atoms with Gasteiger partial charge in [-0.05, 0) is 43.8 Å². The number of carbonyl (C=O) groups excluding carboxylic acids is 1. The molecular formula is C20H25ClN2O2S. The fourth-order valence-corrected chi connectivity index (χ4v) is 6.04. The summed E-state index contributed by atoms with van der Waals surface area (Å²) in [5.41, 5.74) is 0.0732. The van der Waals surface area contributed by atoms with Crippen LogP contribution in [0.25, 0.3) is 10.1 Å². The van der Waals surface area contributed by atoms with Gasteiger partial charge < -0.3 is 10.0 Å². The minimum Gasteiger partial charge on any atom is -0.391 e. The van der Waals surface area contributed by atoms with E-state index in [4.69, 9.17) is 11.6 Å². The van der Waals surface area contributed by atoms with Gasteiger partial charge in [-0.1, -0.05) is 29.8 Å². The summed E-state index contributed by atoms with van der Waals surface area (Å²) >= 11 is 8.38. The molecule has 0 aliphatic carbocycles. The molecule has 140 valence electrons. The lowest BCUT2D eigenvalue weighted by Gasteiger charge is -2.49. The number of hydrogen-bond donors (Lipinski definition) is 1. The van der Waals surface area contributed by atoms with Gasteiger partial charge in [0.1, 0.15) is 0 Å². The molecule has 0 radical (unpaired) electrons. The number of nitrogens with zero attached hydrogens (tertiary/aromatic N) is 2. The summed E-state index contributed by atoms with van der Waals surface area (Å²) in [6.45, 7) is 5.73. The van der Waals surface area contributed by atoms with E-state index in [0.717, 1.165) is 55.9 Å². The number of aliphatic hydroxyl groups excluding tert-OH is 1. The maximum atomic E-state index is 11.8. The van der Waals surface area contributed by atoms with Gasteiger partial charge in [-0.15, -0.1) is 11.3 Å². The van der Waals surface area contributed by atoms with Crippen molar-refractivity contribution >= 4 is 38.9 Å². The van der Waals surface area contributed by atoms with Crippen LogP contribution in [0.4, 0.5) is 0 Å². The van der Waals surface area contributed by atoms with E-state index in [2.05, 4.69) is 23.1 Å². The number of thiophene rings is 1. The van der Waals surface area contributed by atoms with Crippen molar-refractivity contribution in [3.8, 4) is 0 Å².